The molecule has 0 spiro atoms. The van der Waals surface area contributed by atoms with Gasteiger partial charge in [-0.15, -0.1) is 0 Å². The first-order valence-electron chi connectivity index (χ1n) is 11.3. The summed E-state index contributed by atoms with van der Waals surface area (Å²) < 4.78 is 54.5. The number of rotatable bonds is 6. The van der Waals surface area contributed by atoms with Gasteiger partial charge in [0.05, 0.1) is 0 Å². The largest absolute Gasteiger partial charge is 0.366 e. The summed E-state index contributed by atoms with van der Waals surface area (Å²) in [6, 6.07) is 15.4. The lowest BCUT2D eigenvalue weighted by atomic mass is 9.88. The van der Waals surface area contributed by atoms with Gasteiger partial charge in [0.2, 0.25) is 0 Å². The molecule has 128 valence electrons. The Balaban J connectivity index is 1.93. The van der Waals surface area contributed by atoms with Crippen LogP contribution in [-0.2, 0) is 10.3 Å². The summed E-state index contributed by atoms with van der Waals surface area (Å²) >= 11 is 6.03. The molecule has 0 bridgehead atoms. The Hall–Kier alpha value is -1.35. The second kappa shape index (κ2) is 7.69. The predicted octanol–water partition coefficient (Wildman–Crippen LogP) is 5.10. The number of hydrogen-bond donors (Lipinski definition) is 0. The number of ether oxygens (including phenoxy) is 1. The van der Waals surface area contributed by atoms with Gasteiger partial charge >= 0.3 is 0 Å². The molecule has 0 saturated carbocycles. The van der Waals surface area contributed by atoms with Crippen LogP contribution in [0.4, 0.5) is 0 Å². The molecule has 2 aromatic rings. The molecule has 0 aliphatic carbocycles. The van der Waals surface area contributed by atoms with Gasteiger partial charge in [0.25, 0.3) is 0 Å². The van der Waals surface area contributed by atoms with E-state index in [1.54, 1.807) is 48.5 Å². The summed E-state index contributed by atoms with van der Waals surface area (Å²) in [5.74, 6) is 0. The fourth-order valence-electron chi connectivity index (χ4n) is 3.17. The maximum absolute atomic E-state index is 8.37. The molecule has 0 radical (unpaired) electrons. The third-order valence-corrected chi connectivity index (χ3v) is 4.83. The van der Waals surface area contributed by atoms with Gasteiger partial charge in [0.15, 0.2) is 0 Å². The number of nitrogens with zero attached hydrogens (tertiary/aromatic N) is 1. The van der Waals surface area contributed by atoms with E-state index in [1.807, 2.05) is 6.07 Å². The zero-order valence-corrected chi connectivity index (χ0v) is 14.3. The minimum absolute atomic E-state index is 0.118. The van der Waals surface area contributed by atoms with E-state index in [4.69, 9.17) is 24.6 Å². The van der Waals surface area contributed by atoms with Crippen LogP contribution in [0.5, 0.6) is 0 Å². The molecular formula is C21H26ClNO. The lowest BCUT2D eigenvalue weighted by Crippen LogP contribution is -2.31. The highest BCUT2D eigenvalue weighted by atomic mass is 35.5. The second-order valence-electron chi connectivity index (χ2n) is 6.18. The standard InChI is InChI=1S/C21H26ClNO/c1-21(17-7-4-3-5-8-17,18-10-12-19(22)13-11-18)24-16-14-20-9-6-15-23(20)2/h3-5,7-8,10-13,20H,6,9,14-16H2,1-2H3/t20-,21+/m0/s1/i1D3,2D3. The average Bonchev–Trinajstić information content (AvgIpc) is 3.15. The summed E-state index contributed by atoms with van der Waals surface area (Å²) in [7, 11) is 0. The molecule has 24 heavy (non-hydrogen) atoms. The topological polar surface area (TPSA) is 12.5 Å². The molecule has 2 atom stereocenters. The van der Waals surface area contributed by atoms with Crippen molar-refractivity contribution >= 4 is 11.6 Å². The molecular weight excluding hydrogens is 318 g/mol. The highest BCUT2D eigenvalue weighted by Gasteiger charge is 2.30. The highest BCUT2D eigenvalue weighted by molar-refractivity contribution is 6.30. The lowest BCUT2D eigenvalue weighted by Gasteiger charge is -2.32. The van der Waals surface area contributed by atoms with Gasteiger partial charge in [-0.1, -0.05) is 54.1 Å². The van der Waals surface area contributed by atoms with Crippen LogP contribution in [0.2, 0.25) is 5.02 Å². The fourth-order valence-corrected chi connectivity index (χ4v) is 3.30. The van der Waals surface area contributed by atoms with Crippen molar-refractivity contribution < 1.29 is 13.0 Å². The molecule has 2 aromatic carbocycles. The molecule has 3 rings (SSSR count). The number of likely N-dealkylation sites (tertiary alicyclic amines) is 1. The first-order valence-corrected chi connectivity index (χ1v) is 8.66. The van der Waals surface area contributed by atoms with Crippen molar-refractivity contribution in [3.63, 3.8) is 0 Å². The predicted molar refractivity (Wildman–Crippen MR) is 101 cm³/mol. The van der Waals surface area contributed by atoms with Gasteiger partial charge in [-0.25, -0.2) is 0 Å². The van der Waals surface area contributed by atoms with E-state index >= 15 is 0 Å². The van der Waals surface area contributed by atoms with Gasteiger partial charge < -0.3 is 9.64 Å². The Morgan fingerprint density at radius 1 is 1.17 bits per heavy atom. The molecule has 1 saturated heterocycles. The summed E-state index contributed by atoms with van der Waals surface area (Å²) in [4.78, 5) is 1.51. The number of halogens is 1. The summed E-state index contributed by atoms with van der Waals surface area (Å²) in [6.07, 6.45) is 2.01. The van der Waals surface area contributed by atoms with Crippen LogP contribution in [0.25, 0.3) is 0 Å². The molecule has 0 aromatic heterocycles. The zero-order valence-electron chi connectivity index (χ0n) is 19.5. The van der Waals surface area contributed by atoms with Crippen molar-refractivity contribution in [1.29, 1.82) is 0 Å². The van der Waals surface area contributed by atoms with Crippen LogP contribution in [0.3, 0.4) is 0 Å². The molecule has 1 aliphatic rings. The van der Waals surface area contributed by atoms with Crippen LogP contribution >= 0.6 is 11.6 Å². The third-order valence-electron chi connectivity index (χ3n) is 4.58. The zero-order chi connectivity index (χ0) is 22.0. The van der Waals surface area contributed by atoms with Crippen molar-refractivity contribution in [3.05, 3.63) is 70.7 Å². The third kappa shape index (κ3) is 3.83. The summed E-state index contributed by atoms with van der Waals surface area (Å²) in [6.45, 7) is -4.02. The lowest BCUT2D eigenvalue weighted by molar-refractivity contribution is -0.0117. The summed E-state index contributed by atoms with van der Waals surface area (Å²) in [5, 5.41) is 0.505. The molecule has 1 aliphatic heterocycles. The Morgan fingerprint density at radius 3 is 2.62 bits per heavy atom. The Kier molecular flexibility index (Phi) is 3.62. The highest BCUT2D eigenvalue weighted by Crippen LogP contribution is 2.34. The molecule has 1 heterocycles. The van der Waals surface area contributed by atoms with E-state index < -0.39 is 19.4 Å². The molecule has 3 heteroatoms. The maximum atomic E-state index is 8.37. The van der Waals surface area contributed by atoms with Crippen LogP contribution in [-0.4, -0.2) is 31.1 Å². The quantitative estimate of drug-likeness (QED) is 0.719. The number of benzene rings is 2. The van der Waals surface area contributed by atoms with Crippen LogP contribution < -0.4 is 0 Å². The minimum atomic E-state index is -2.50. The normalized spacial score (nSPS) is 25.6. The van der Waals surface area contributed by atoms with E-state index in [1.165, 1.54) is 4.90 Å². The second-order valence-corrected chi connectivity index (χ2v) is 6.62. The fraction of sp³-hybridized carbons (Fsp3) is 0.429. The van der Waals surface area contributed by atoms with E-state index in [9.17, 15) is 0 Å². The van der Waals surface area contributed by atoms with Gasteiger partial charge in [-0.05, 0) is 62.9 Å². The SMILES string of the molecule is [2H]C([2H])([2H])N1CCC[C@H]1CCO[C@](c1ccccc1)(c1ccc(Cl)cc1)C([2H])([2H])[2H]. The van der Waals surface area contributed by atoms with Crippen molar-refractivity contribution in [3.8, 4) is 0 Å². The molecule has 1 fully saturated rings. The van der Waals surface area contributed by atoms with Gasteiger partial charge in [-0.2, -0.15) is 0 Å². The maximum Gasteiger partial charge on any atom is 0.115 e. The molecule has 0 N–H and O–H groups in total. The van der Waals surface area contributed by atoms with Gasteiger partial charge in [0.1, 0.15) is 5.60 Å². The minimum Gasteiger partial charge on any atom is -0.366 e. The average molecular weight is 350 g/mol. The Morgan fingerprint density at radius 2 is 1.92 bits per heavy atom. The van der Waals surface area contributed by atoms with E-state index in [0.29, 0.717) is 29.1 Å². The van der Waals surface area contributed by atoms with E-state index in [0.717, 1.165) is 12.8 Å². The van der Waals surface area contributed by atoms with Crippen molar-refractivity contribution in [1.82, 2.24) is 4.90 Å². The monoisotopic (exact) mass is 349 g/mol. The van der Waals surface area contributed by atoms with Crippen molar-refractivity contribution in [2.45, 2.75) is 37.8 Å². The molecule has 2 nitrogen and oxygen atoms in total. The van der Waals surface area contributed by atoms with Crippen LogP contribution in [0.15, 0.2) is 54.6 Å². The van der Waals surface area contributed by atoms with E-state index in [2.05, 4.69) is 0 Å². The smallest absolute Gasteiger partial charge is 0.115 e. The first kappa shape index (κ1) is 11.3. The Labute approximate surface area is 158 Å². The van der Waals surface area contributed by atoms with Gasteiger partial charge in [-0.3, -0.25) is 0 Å². The molecule has 0 amide bonds. The van der Waals surface area contributed by atoms with Crippen LogP contribution in [0, 0.1) is 0 Å². The molecule has 0 unspecified atom stereocenters. The van der Waals surface area contributed by atoms with Gasteiger partial charge in [0, 0.05) is 25.9 Å². The van der Waals surface area contributed by atoms with Crippen molar-refractivity contribution in [2.75, 3.05) is 20.1 Å². The summed E-state index contributed by atoms with van der Waals surface area (Å²) in [5.41, 5.74) is -0.675. The van der Waals surface area contributed by atoms with E-state index in [-0.39, 0.29) is 12.6 Å². The van der Waals surface area contributed by atoms with Crippen molar-refractivity contribution in [2.24, 2.45) is 0 Å². The Bertz CT molecular complexity index is 824. The first-order chi connectivity index (χ1) is 14.1. The number of hydrogen-bond acceptors (Lipinski definition) is 2. The van der Waals surface area contributed by atoms with Crippen LogP contribution in [0.1, 0.15) is 45.5 Å².